The number of unbranched alkanes of at least 4 members (excludes halogenated alkanes) is 4. The number of carbonyl (C=O) groups is 8. The van der Waals surface area contributed by atoms with Crippen molar-refractivity contribution in [1.82, 2.24) is 36.8 Å². The Morgan fingerprint density at radius 3 is 1.95 bits per heavy atom. The minimum Gasteiger partial charge on any atom is -0.508 e. The third kappa shape index (κ3) is 21.4. The third-order valence-electron chi connectivity index (χ3n) is 12.3. The number of nitrogens with zero attached hydrogens (tertiary/aromatic N) is 3. The molecular weight excluding hydrogens is 985 g/mol. The molecule has 1 heterocycles. The number of nitrogens with one attached hydrogen (secondary N) is 6. The summed E-state index contributed by atoms with van der Waals surface area (Å²) in [5, 5.41) is 28.6. The van der Waals surface area contributed by atoms with Gasteiger partial charge < -0.3 is 70.6 Å². The Morgan fingerprint density at radius 2 is 1.27 bits per heavy atom. The number of hydrogen-bond donors (Lipinski definition) is 12. The monoisotopic (exact) mass is 1060 g/mol. The number of fused-ring (bicyclic) bond motifs is 1. The van der Waals surface area contributed by atoms with Crippen LogP contribution in [0.1, 0.15) is 82.8 Å². The number of phenolic OH excluding ortho intramolecular Hbond substituents is 1. The molecule has 3 aromatic carbocycles. The van der Waals surface area contributed by atoms with Crippen LogP contribution in [0.15, 0.2) is 76.7 Å². The molecule has 408 valence electrons. The summed E-state index contributed by atoms with van der Waals surface area (Å²) in [6, 6.07) is 12.0. The zero-order chi connectivity index (χ0) is 54.9. The van der Waals surface area contributed by atoms with Gasteiger partial charge in [-0.2, -0.15) is 0 Å². The standard InChI is InChI=1S/C51H74N14O9S/c1-31-45(70)61-39(15-11-24-59-51(55)56)46(71)62-40(28-34-16-19-35-12-5-6-13-36(35)26-34)47(72)64-42(29-75-30-43(68)57-22-9-7-14-38(44(52)69)60-32(2)66)48(73)63-41(27-33-17-20-37(67)21-18-33)49(74)65(31)25-10-4-3-8-23-58-50(53)54/h5-6,12-13,16-21,26,31,38-42,67H,3-4,7-11,14-15,22-25,27-30H2,1-2H3,(H2,52,69)(H,57,68)(H,60,66)(H,61,70)(H,62,71)(H,63,73)(H,64,72)(H4,53,54,58)(H4,55,56,59)/t31-,38?,39+,40+,41-,42-/m1/s1. The van der Waals surface area contributed by atoms with Crippen LogP contribution in [0.25, 0.3) is 10.8 Å². The Hall–Kier alpha value is -7.63. The highest BCUT2D eigenvalue weighted by Crippen LogP contribution is 2.19. The molecule has 1 aliphatic rings. The van der Waals surface area contributed by atoms with Crippen LogP contribution in [0, 0.1) is 0 Å². The van der Waals surface area contributed by atoms with Gasteiger partial charge >= 0.3 is 0 Å². The summed E-state index contributed by atoms with van der Waals surface area (Å²) >= 11 is 1.04. The number of rotatable bonds is 26. The number of aliphatic imine (C=N–C) groups is 2. The Labute approximate surface area is 441 Å². The summed E-state index contributed by atoms with van der Waals surface area (Å²) in [5.74, 6) is -5.54. The molecule has 8 amide bonds. The largest absolute Gasteiger partial charge is 0.508 e. The van der Waals surface area contributed by atoms with E-state index in [0.29, 0.717) is 56.2 Å². The van der Waals surface area contributed by atoms with Crippen LogP contribution >= 0.6 is 11.8 Å². The van der Waals surface area contributed by atoms with Crippen LogP contribution in [0.3, 0.4) is 0 Å². The number of carbonyl (C=O) groups excluding carboxylic acids is 8. The second-order valence-electron chi connectivity index (χ2n) is 18.4. The van der Waals surface area contributed by atoms with Gasteiger partial charge in [0.1, 0.15) is 42.0 Å². The Balaban J connectivity index is 1.71. The van der Waals surface area contributed by atoms with E-state index in [9.17, 15) is 38.7 Å². The molecule has 3 aromatic rings. The maximum atomic E-state index is 15.0. The van der Waals surface area contributed by atoms with Gasteiger partial charge in [0.2, 0.25) is 47.3 Å². The lowest BCUT2D eigenvalue weighted by molar-refractivity contribution is -0.143. The summed E-state index contributed by atoms with van der Waals surface area (Å²) in [6.07, 6.45) is 3.77. The van der Waals surface area contributed by atoms with Gasteiger partial charge in [0, 0.05) is 51.7 Å². The number of phenols is 1. The molecule has 1 saturated heterocycles. The van der Waals surface area contributed by atoms with E-state index in [2.05, 4.69) is 41.9 Å². The van der Waals surface area contributed by atoms with Crippen LogP contribution < -0.4 is 60.6 Å². The summed E-state index contributed by atoms with van der Waals surface area (Å²) in [4.78, 5) is 119. The second kappa shape index (κ2) is 31.2. The Bertz CT molecular complexity index is 2490. The number of amides is 8. The lowest BCUT2D eigenvalue weighted by atomic mass is 10.00. The molecule has 23 nitrogen and oxygen atoms in total. The van der Waals surface area contributed by atoms with Crippen molar-refractivity contribution in [3.05, 3.63) is 77.9 Å². The highest BCUT2D eigenvalue weighted by atomic mass is 32.2. The molecule has 6 atom stereocenters. The summed E-state index contributed by atoms with van der Waals surface area (Å²) in [5.41, 5.74) is 28.8. The lowest BCUT2D eigenvalue weighted by Gasteiger charge is -2.33. The maximum Gasteiger partial charge on any atom is 0.246 e. The van der Waals surface area contributed by atoms with E-state index < -0.39 is 77.6 Å². The van der Waals surface area contributed by atoms with E-state index in [1.807, 2.05) is 42.5 Å². The van der Waals surface area contributed by atoms with E-state index in [1.54, 1.807) is 12.1 Å². The fourth-order valence-corrected chi connectivity index (χ4v) is 9.16. The molecule has 17 N–H and O–H groups in total. The van der Waals surface area contributed by atoms with E-state index in [4.69, 9.17) is 28.7 Å². The molecule has 0 aromatic heterocycles. The first-order chi connectivity index (χ1) is 35.8. The zero-order valence-electron chi connectivity index (χ0n) is 42.7. The topological polar surface area (TPSA) is 387 Å². The van der Waals surface area contributed by atoms with Crippen LogP contribution in [0.4, 0.5) is 0 Å². The number of thioether (sulfide) groups is 1. The molecular formula is C51H74N14O9S. The smallest absolute Gasteiger partial charge is 0.246 e. The molecule has 75 heavy (non-hydrogen) atoms. The molecule has 4 rings (SSSR count). The molecule has 1 unspecified atom stereocenters. The predicted octanol–water partition coefficient (Wildman–Crippen LogP) is -0.602. The predicted molar refractivity (Wildman–Crippen MR) is 288 cm³/mol. The van der Waals surface area contributed by atoms with E-state index in [0.717, 1.165) is 22.5 Å². The van der Waals surface area contributed by atoms with Crippen LogP contribution in [0.5, 0.6) is 5.75 Å². The summed E-state index contributed by atoms with van der Waals surface area (Å²) < 4.78 is 0. The van der Waals surface area contributed by atoms with Gasteiger partial charge in [-0.3, -0.25) is 48.3 Å². The third-order valence-corrected chi connectivity index (χ3v) is 13.3. The van der Waals surface area contributed by atoms with Crippen molar-refractivity contribution >= 4 is 81.7 Å². The molecule has 1 fully saturated rings. The van der Waals surface area contributed by atoms with Crippen LogP contribution in [-0.4, -0.2) is 143 Å². The van der Waals surface area contributed by atoms with Crippen molar-refractivity contribution in [1.29, 1.82) is 0 Å². The van der Waals surface area contributed by atoms with Gasteiger partial charge in [0.05, 0.1) is 5.75 Å². The number of benzene rings is 3. The maximum absolute atomic E-state index is 15.0. The van der Waals surface area contributed by atoms with Crippen molar-refractivity contribution < 1.29 is 43.5 Å². The number of primary amides is 1. The van der Waals surface area contributed by atoms with Gasteiger partial charge in [-0.05, 0) is 85.9 Å². The highest BCUT2D eigenvalue weighted by molar-refractivity contribution is 8.00. The number of aromatic hydroxyl groups is 1. The van der Waals surface area contributed by atoms with Gasteiger partial charge in [-0.25, -0.2) is 0 Å². The van der Waals surface area contributed by atoms with Crippen molar-refractivity contribution in [2.24, 2.45) is 38.7 Å². The Morgan fingerprint density at radius 1 is 0.680 bits per heavy atom. The first kappa shape index (κ1) is 59.9. The molecule has 0 bridgehead atoms. The molecule has 0 saturated carbocycles. The van der Waals surface area contributed by atoms with E-state index in [1.165, 1.54) is 30.9 Å². The average Bonchev–Trinajstić information content (AvgIpc) is 3.36. The molecule has 24 heteroatoms. The van der Waals surface area contributed by atoms with E-state index in [-0.39, 0.29) is 86.8 Å². The normalized spacial score (nSPS) is 19.0. The SMILES string of the molecule is CC(=O)NC(CCCCNC(=O)CSC[C@H]1NC(=O)[C@H](Cc2ccc3ccccc3c2)NC(=O)[C@H](CCCN=C(N)N)NC(=O)[C@@H](C)N(CCCCCCN=C(N)N)C(=O)[C@@H](Cc2ccc(O)cc2)NC1=O)C(N)=O. The molecule has 1 aliphatic heterocycles. The van der Waals surface area contributed by atoms with Gasteiger partial charge in [-0.1, -0.05) is 67.4 Å². The van der Waals surface area contributed by atoms with Crippen molar-refractivity contribution in [2.45, 2.75) is 121 Å². The number of nitrogens with two attached hydrogens (primary N) is 5. The average molecular weight is 1060 g/mol. The fourth-order valence-electron chi connectivity index (χ4n) is 8.29. The van der Waals surface area contributed by atoms with Crippen molar-refractivity contribution in [3.8, 4) is 5.75 Å². The molecule has 0 spiro atoms. The quantitative estimate of drug-likeness (QED) is 0.0272. The van der Waals surface area contributed by atoms with Crippen LogP contribution in [0.2, 0.25) is 0 Å². The summed E-state index contributed by atoms with van der Waals surface area (Å²) in [6.45, 7) is 3.64. The first-order valence-corrected chi connectivity index (χ1v) is 26.3. The minimum absolute atomic E-state index is 0.0276. The lowest BCUT2D eigenvalue weighted by Crippen LogP contribution is -2.59. The number of hydrogen-bond acceptors (Lipinski definition) is 12. The van der Waals surface area contributed by atoms with Gasteiger partial charge in [0.25, 0.3) is 0 Å². The van der Waals surface area contributed by atoms with E-state index >= 15 is 4.79 Å². The summed E-state index contributed by atoms with van der Waals surface area (Å²) in [7, 11) is 0. The molecule has 0 radical (unpaired) electrons. The van der Waals surface area contributed by atoms with Gasteiger partial charge in [-0.15, -0.1) is 11.8 Å². The van der Waals surface area contributed by atoms with Crippen LogP contribution in [-0.2, 0) is 51.2 Å². The Kier molecular flexibility index (Phi) is 24.9. The number of guanidine groups is 2. The van der Waals surface area contributed by atoms with Crippen molar-refractivity contribution in [2.75, 3.05) is 37.7 Å². The highest BCUT2D eigenvalue weighted by Gasteiger charge is 2.37. The fraction of sp³-hybridized carbons (Fsp3) is 0.490. The van der Waals surface area contributed by atoms with Crippen molar-refractivity contribution in [3.63, 3.8) is 0 Å². The second-order valence-corrected chi connectivity index (χ2v) is 19.4. The minimum atomic E-state index is -1.38. The zero-order valence-corrected chi connectivity index (χ0v) is 43.5. The van der Waals surface area contributed by atoms with Gasteiger partial charge in [0.15, 0.2) is 11.9 Å². The molecule has 0 aliphatic carbocycles. The first-order valence-electron chi connectivity index (χ1n) is 25.1.